The van der Waals surface area contributed by atoms with Crippen molar-refractivity contribution < 1.29 is 28.7 Å². The Morgan fingerprint density at radius 2 is 1.44 bits per heavy atom. The summed E-state index contributed by atoms with van der Waals surface area (Å²) in [5.74, 6) is 1.97. The number of benzene rings is 3. The second-order valence-electron chi connectivity index (χ2n) is 7.47. The second kappa shape index (κ2) is 12.2. The predicted octanol–water partition coefficient (Wildman–Crippen LogP) is 5.77. The maximum Gasteiger partial charge on any atom is 0.269 e. The highest BCUT2D eigenvalue weighted by atomic mass is 16.6. The van der Waals surface area contributed by atoms with E-state index in [0.29, 0.717) is 34.2 Å². The molecule has 186 valence electrons. The molecule has 3 rings (SSSR count). The topological polar surface area (TPSA) is 109 Å². The molecule has 0 spiro atoms. The average Bonchev–Trinajstić information content (AvgIpc) is 2.91. The summed E-state index contributed by atoms with van der Waals surface area (Å²) in [5.41, 5.74) is 2.57. The molecule has 36 heavy (non-hydrogen) atoms. The first kappa shape index (κ1) is 26.0. The number of Topliss-reactive ketones (excluding diaryl/α,β-unsaturated/α-hetero) is 1. The van der Waals surface area contributed by atoms with E-state index in [1.807, 2.05) is 36.4 Å². The summed E-state index contributed by atoms with van der Waals surface area (Å²) < 4.78 is 21.6. The fourth-order valence-corrected chi connectivity index (χ4v) is 3.42. The lowest BCUT2D eigenvalue weighted by Gasteiger charge is -2.12. The molecule has 0 fully saturated rings. The fourth-order valence-electron chi connectivity index (χ4n) is 3.42. The van der Waals surface area contributed by atoms with Gasteiger partial charge in [-0.25, -0.2) is 0 Å². The maximum absolute atomic E-state index is 12.4. The third-order valence-electron chi connectivity index (χ3n) is 5.27. The molecule has 3 aromatic carbocycles. The molecule has 0 radical (unpaired) electrons. The lowest BCUT2D eigenvalue weighted by Crippen LogP contribution is -1.99. The summed E-state index contributed by atoms with van der Waals surface area (Å²) in [6, 6.07) is 14.7. The normalized spacial score (nSPS) is 11.0. The molecule has 9 nitrogen and oxygen atoms in total. The van der Waals surface area contributed by atoms with Crippen molar-refractivity contribution in [3.63, 3.8) is 0 Å². The van der Waals surface area contributed by atoms with Crippen molar-refractivity contribution in [1.82, 2.24) is 0 Å². The largest absolute Gasteiger partial charge is 0.494 e. The van der Waals surface area contributed by atoms with Crippen molar-refractivity contribution in [3.8, 4) is 23.0 Å². The Morgan fingerprint density at radius 3 is 2.00 bits per heavy atom. The van der Waals surface area contributed by atoms with E-state index in [0.717, 1.165) is 11.1 Å². The van der Waals surface area contributed by atoms with Gasteiger partial charge >= 0.3 is 0 Å². The second-order valence-corrected chi connectivity index (χ2v) is 7.47. The lowest BCUT2D eigenvalue weighted by molar-refractivity contribution is -0.384. The van der Waals surface area contributed by atoms with Crippen LogP contribution in [0.1, 0.15) is 27.9 Å². The van der Waals surface area contributed by atoms with Crippen LogP contribution in [-0.4, -0.2) is 45.4 Å². The van der Waals surface area contributed by atoms with Crippen LogP contribution in [0.3, 0.4) is 0 Å². The highest BCUT2D eigenvalue weighted by Gasteiger charge is 2.12. The van der Waals surface area contributed by atoms with E-state index in [-0.39, 0.29) is 17.9 Å². The minimum absolute atomic E-state index is 0.0342. The number of nitro benzene ring substituents is 1. The van der Waals surface area contributed by atoms with Crippen LogP contribution < -0.4 is 18.9 Å². The first-order chi connectivity index (χ1) is 17.4. The number of methoxy groups -OCH3 is 4. The number of non-ortho nitro benzene ring substituents is 1. The first-order valence-electron chi connectivity index (χ1n) is 10.9. The highest BCUT2D eigenvalue weighted by Crippen LogP contribution is 2.38. The van der Waals surface area contributed by atoms with Gasteiger partial charge < -0.3 is 18.9 Å². The molecule has 0 aromatic heterocycles. The number of hydrogen-bond donors (Lipinski definition) is 0. The van der Waals surface area contributed by atoms with E-state index < -0.39 is 4.92 Å². The van der Waals surface area contributed by atoms with Gasteiger partial charge in [0.05, 0.1) is 33.4 Å². The third kappa shape index (κ3) is 6.26. The molecule has 0 bridgehead atoms. The number of ether oxygens (including phenoxy) is 4. The number of hydrogen-bond acceptors (Lipinski definition) is 8. The van der Waals surface area contributed by atoms with Gasteiger partial charge in [-0.2, -0.15) is 0 Å². The molecule has 0 aliphatic carbocycles. The van der Waals surface area contributed by atoms with Gasteiger partial charge in [0.1, 0.15) is 11.4 Å². The van der Waals surface area contributed by atoms with Crippen molar-refractivity contribution in [2.24, 2.45) is 4.99 Å². The number of nitrogens with zero attached hydrogens (tertiary/aromatic N) is 2. The van der Waals surface area contributed by atoms with Gasteiger partial charge in [0.25, 0.3) is 5.69 Å². The molecule has 0 heterocycles. The Labute approximate surface area is 208 Å². The monoisotopic (exact) mass is 490 g/mol. The summed E-state index contributed by atoms with van der Waals surface area (Å²) >= 11 is 0. The number of rotatable bonds is 11. The van der Waals surface area contributed by atoms with Gasteiger partial charge in [-0.15, -0.1) is 0 Å². The highest BCUT2D eigenvalue weighted by molar-refractivity contribution is 6.04. The van der Waals surface area contributed by atoms with E-state index in [1.165, 1.54) is 30.5 Å². The minimum Gasteiger partial charge on any atom is -0.494 e. The molecule has 0 saturated heterocycles. The van der Waals surface area contributed by atoms with Crippen LogP contribution in [0, 0.1) is 10.1 Å². The van der Waals surface area contributed by atoms with Crippen LogP contribution in [0.15, 0.2) is 59.6 Å². The molecule has 0 atom stereocenters. The Balaban J connectivity index is 1.78. The number of carbonyl (C=O) groups excluding carboxylic acids is 1. The van der Waals surface area contributed by atoms with Crippen LogP contribution >= 0.6 is 0 Å². The predicted molar refractivity (Wildman–Crippen MR) is 138 cm³/mol. The van der Waals surface area contributed by atoms with E-state index in [9.17, 15) is 14.9 Å². The van der Waals surface area contributed by atoms with Gasteiger partial charge in [0.15, 0.2) is 17.3 Å². The Morgan fingerprint density at radius 1 is 0.833 bits per heavy atom. The summed E-state index contributed by atoms with van der Waals surface area (Å²) in [6.07, 6.45) is 5.33. The van der Waals surface area contributed by atoms with Crippen molar-refractivity contribution in [3.05, 3.63) is 81.4 Å². The molecule has 0 amide bonds. The van der Waals surface area contributed by atoms with Gasteiger partial charge in [0, 0.05) is 30.3 Å². The average molecular weight is 491 g/mol. The smallest absolute Gasteiger partial charge is 0.269 e. The van der Waals surface area contributed by atoms with Crippen LogP contribution in [0.25, 0.3) is 12.2 Å². The zero-order valence-corrected chi connectivity index (χ0v) is 20.4. The Bertz CT molecular complexity index is 1270. The number of aliphatic imine (C=N–C) groups is 1. The summed E-state index contributed by atoms with van der Waals surface area (Å²) in [7, 11) is 6.21. The van der Waals surface area contributed by atoms with E-state index >= 15 is 0 Å². The molecule has 0 aliphatic heterocycles. The SMILES string of the molecule is COc1ccc(/C=C\c2cc(OC)c(OC)c(OC)c2)cc1N=CCC(=O)c1ccc([N+](=O)[O-])cc1. The molecule has 0 saturated carbocycles. The quantitative estimate of drug-likeness (QED) is 0.110. The molecule has 9 heteroatoms. The number of nitro groups is 1. The molecule has 0 aliphatic rings. The van der Waals surface area contributed by atoms with Gasteiger partial charge in [-0.05, 0) is 47.5 Å². The summed E-state index contributed by atoms with van der Waals surface area (Å²) in [6.45, 7) is 0. The summed E-state index contributed by atoms with van der Waals surface area (Å²) in [5, 5.41) is 10.8. The molecule has 0 N–H and O–H groups in total. The fraction of sp³-hybridized carbons (Fsp3) is 0.185. The van der Waals surface area contributed by atoms with Crippen LogP contribution in [0.4, 0.5) is 11.4 Å². The van der Waals surface area contributed by atoms with Gasteiger partial charge in [0.2, 0.25) is 5.75 Å². The van der Waals surface area contributed by atoms with Crippen molar-refractivity contribution in [1.29, 1.82) is 0 Å². The van der Waals surface area contributed by atoms with Crippen LogP contribution in [0.5, 0.6) is 23.0 Å². The number of ketones is 1. The lowest BCUT2D eigenvalue weighted by atomic mass is 10.1. The maximum atomic E-state index is 12.4. The number of carbonyl (C=O) groups is 1. The van der Waals surface area contributed by atoms with E-state index in [4.69, 9.17) is 18.9 Å². The van der Waals surface area contributed by atoms with Crippen LogP contribution in [0.2, 0.25) is 0 Å². The third-order valence-corrected chi connectivity index (χ3v) is 5.27. The molecule has 3 aromatic rings. The van der Waals surface area contributed by atoms with Gasteiger partial charge in [-0.3, -0.25) is 19.9 Å². The van der Waals surface area contributed by atoms with Crippen LogP contribution in [-0.2, 0) is 0 Å². The minimum atomic E-state index is -0.509. The van der Waals surface area contributed by atoms with E-state index in [2.05, 4.69) is 4.99 Å². The molecule has 0 unspecified atom stereocenters. The standard InChI is InChI=1S/C27H26N2O7/c1-33-24-12-7-18(5-6-19-16-25(34-2)27(36-4)26(17-19)35-3)15-22(24)28-14-13-23(30)20-8-10-21(11-9-20)29(31)32/h5-12,14-17H,13H2,1-4H3/b6-5-,28-14?. The Hall–Kier alpha value is -4.66. The van der Waals surface area contributed by atoms with Gasteiger partial charge in [-0.1, -0.05) is 18.2 Å². The zero-order chi connectivity index (χ0) is 26.1. The van der Waals surface area contributed by atoms with Crippen molar-refractivity contribution in [2.75, 3.05) is 28.4 Å². The molecular formula is C27H26N2O7. The zero-order valence-electron chi connectivity index (χ0n) is 20.4. The first-order valence-corrected chi connectivity index (χ1v) is 10.9. The van der Waals surface area contributed by atoms with Crippen molar-refractivity contribution >= 4 is 35.5 Å². The Kier molecular flexibility index (Phi) is 8.77. The van der Waals surface area contributed by atoms with E-state index in [1.54, 1.807) is 34.5 Å². The summed E-state index contributed by atoms with van der Waals surface area (Å²) in [4.78, 5) is 27.1. The molecular weight excluding hydrogens is 464 g/mol. The van der Waals surface area contributed by atoms with Crippen molar-refractivity contribution in [2.45, 2.75) is 6.42 Å².